The van der Waals surface area contributed by atoms with Crippen LogP contribution < -0.4 is 15.4 Å². The average molecular weight is 488 g/mol. The summed E-state index contributed by atoms with van der Waals surface area (Å²) in [4.78, 5) is 24.7. The van der Waals surface area contributed by atoms with Gasteiger partial charge in [-0.1, -0.05) is 51.1 Å². The van der Waals surface area contributed by atoms with Crippen LogP contribution in [0.4, 0.5) is 4.79 Å². The number of methoxy groups -OCH3 is 1. The maximum Gasteiger partial charge on any atom is 0.328 e. The predicted octanol–water partition coefficient (Wildman–Crippen LogP) is 3.44. The summed E-state index contributed by atoms with van der Waals surface area (Å²) in [5.74, 6) is 0.178. The molecule has 0 heterocycles. The van der Waals surface area contributed by atoms with Gasteiger partial charge in [0.2, 0.25) is 0 Å². The standard InChI is InChI=1S/C25H33N3O5S/c1-17-14-20(16-25(17,2)3)26-24(30)28-34(31,32)21-12-10-18(11-13-21)15-22(33-4)27-23(29)19-8-6-5-7-9-19/h5-13,17,20,22H,14-16H2,1-4H3,(H,27,29)(H2,26,28,30). The SMILES string of the molecule is COC(Cc1ccc(S(=O)(=O)NC(=O)NC2CC(C)C(C)(C)C2)cc1)NC(=O)c1ccccc1. The molecule has 3 amide bonds. The highest BCUT2D eigenvalue weighted by Crippen LogP contribution is 2.42. The van der Waals surface area contributed by atoms with Crippen LogP contribution in [0.15, 0.2) is 59.5 Å². The van der Waals surface area contributed by atoms with E-state index >= 15 is 0 Å². The third kappa shape index (κ3) is 6.57. The number of ether oxygens (including phenoxy) is 1. The molecule has 0 radical (unpaired) electrons. The fourth-order valence-corrected chi connectivity index (χ4v) is 5.12. The van der Waals surface area contributed by atoms with Crippen LogP contribution in [0.2, 0.25) is 0 Å². The molecular weight excluding hydrogens is 454 g/mol. The molecule has 0 spiro atoms. The Morgan fingerprint density at radius 2 is 1.74 bits per heavy atom. The largest absolute Gasteiger partial charge is 0.361 e. The van der Waals surface area contributed by atoms with Crippen molar-refractivity contribution < 1.29 is 22.7 Å². The van der Waals surface area contributed by atoms with Crippen LogP contribution in [-0.2, 0) is 21.2 Å². The van der Waals surface area contributed by atoms with E-state index in [0.29, 0.717) is 17.9 Å². The average Bonchev–Trinajstić information content (AvgIpc) is 3.04. The summed E-state index contributed by atoms with van der Waals surface area (Å²) >= 11 is 0. The summed E-state index contributed by atoms with van der Waals surface area (Å²) in [6, 6.07) is 14.1. The van der Waals surface area contributed by atoms with Crippen LogP contribution >= 0.6 is 0 Å². The van der Waals surface area contributed by atoms with E-state index in [-0.39, 0.29) is 22.3 Å². The monoisotopic (exact) mass is 487 g/mol. The van der Waals surface area contributed by atoms with Crippen LogP contribution in [0.5, 0.6) is 0 Å². The lowest BCUT2D eigenvalue weighted by atomic mass is 9.83. The van der Waals surface area contributed by atoms with E-state index in [0.717, 1.165) is 18.4 Å². The Kier molecular flexibility index (Phi) is 7.99. The van der Waals surface area contributed by atoms with E-state index in [9.17, 15) is 18.0 Å². The molecule has 0 aliphatic heterocycles. The molecule has 3 unspecified atom stereocenters. The number of nitrogens with one attached hydrogen (secondary N) is 3. The zero-order chi connectivity index (χ0) is 24.9. The van der Waals surface area contributed by atoms with Crippen molar-refractivity contribution in [1.82, 2.24) is 15.4 Å². The smallest absolute Gasteiger partial charge is 0.328 e. The predicted molar refractivity (Wildman–Crippen MR) is 130 cm³/mol. The van der Waals surface area contributed by atoms with Gasteiger partial charge in [0.25, 0.3) is 15.9 Å². The highest BCUT2D eigenvalue weighted by atomic mass is 32.2. The molecule has 3 N–H and O–H groups in total. The van der Waals surface area contributed by atoms with Gasteiger partial charge in [0.1, 0.15) is 6.23 Å². The summed E-state index contributed by atoms with van der Waals surface area (Å²) in [5.41, 5.74) is 1.39. The Labute approximate surface area is 201 Å². The molecular formula is C25H33N3O5S. The second kappa shape index (κ2) is 10.6. The lowest BCUT2D eigenvalue weighted by Gasteiger charge is -2.22. The summed E-state index contributed by atoms with van der Waals surface area (Å²) < 4.78 is 32.8. The molecule has 8 nitrogen and oxygen atoms in total. The second-order valence-electron chi connectivity index (χ2n) is 9.52. The van der Waals surface area contributed by atoms with Crippen LogP contribution in [0, 0.1) is 11.3 Å². The van der Waals surface area contributed by atoms with Crippen LogP contribution in [0.25, 0.3) is 0 Å². The van der Waals surface area contributed by atoms with E-state index in [1.165, 1.54) is 19.2 Å². The summed E-state index contributed by atoms with van der Waals surface area (Å²) in [6.45, 7) is 6.44. The maximum absolute atomic E-state index is 12.6. The van der Waals surface area contributed by atoms with Gasteiger partial charge in [-0.15, -0.1) is 0 Å². The molecule has 0 aromatic heterocycles. The van der Waals surface area contributed by atoms with Gasteiger partial charge in [0.05, 0.1) is 4.90 Å². The van der Waals surface area contributed by atoms with E-state index in [4.69, 9.17) is 4.74 Å². The first-order valence-electron chi connectivity index (χ1n) is 11.3. The fourth-order valence-electron chi connectivity index (χ4n) is 4.20. The Hall–Kier alpha value is -2.91. The summed E-state index contributed by atoms with van der Waals surface area (Å²) in [7, 11) is -2.52. The number of sulfonamides is 1. The molecule has 0 saturated heterocycles. The molecule has 9 heteroatoms. The van der Waals surface area contributed by atoms with Crippen molar-refractivity contribution in [2.75, 3.05) is 7.11 Å². The van der Waals surface area contributed by atoms with Crippen molar-refractivity contribution in [3.63, 3.8) is 0 Å². The van der Waals surface area contributed by atoms with Crippen molar-refractivity contribution in [2.45, 2.75) is 57.2 Å². The van der Waals surface area contributed by atoms with Gasteiger partial charge in [-0.05, 0) is 54.0 Å². The number of benzene rings is 2. The van der Waals surface area contributed by atoms with Crippen molar-refractivity contribution in [2.24, 2.45) is 11.3 Å². The third-order valence-electron chi connectivity index (χ3n) is 6.57. The zero-order valence-electron chi connectivity index (χ0n) is 20.0. The molecule has 2 aromatic carbocycles. The van der Waals surface area contributed by atoms with Gasteiger partial charge < -0.3 is 15.4 Å². The first kappa shape index (κ1) is 25.7. The third-order valence-corrected chi connectivity index (χ3v) is 7.92. The zero-order valence-corrected chi connectivity index (χ0v) is 20.8. The van der Waals surface area contributed by atoms with Gasteiger partial charge in [0, 0.05) is 25.1 Å². The minimum absolute atomic E-state index is 0.0196. The molecule has 1 fully saturated rings. The highest BCUT2D eigenvalue weighted by Gasteiger charge is 2.38. The molecule has 0 bridgehead atoms. The van der Waals surface area contributed by atoms with Gasteiger partial charge in [0.15, 0.2) is 0 Å². The van der Waals surface area contributed by atoms with Crippen molar-refractivity contribution >= 4 is 22.0 Å². The second-order valence-corrected chi connectivity index (χ2v) is 11.2. The van der Waals surface area contributed by atoms with Gasteiger partial charge >= 0.3 is 6.03 Å². The Morgan fingerprint density at radius 3 is 2.29 bits per heavy atom. The molecule has 3 atom stereocenters. The van der Waals surface area contributed by atoms with Crippen molar-refractivity contribution in [3.8, 4) is 0 Å². The minimum atomic E-state index is -4.01. The van der Waals surface area contributed by atoms with E-state index in [1.807, 2.05) is 6.07 Å². The minimum Gasteiger partial charge on any atom is -0.361 e. The van der Waals surface area contributed by atoms with E-state index < -0.39 is 22.3 Å². The number of hydrogen-bond acceptors (Lipinski definition) is 5. The Bertz CT molecular complexity index is 1100. The van der Waals surface area contributed by atoms with Gasteiger partial charge in [-0.3, -0.25) is 4.79 Å². The normalized spacial score (nSPS) is 20.4. The van der Waals surface area contributed by atoms with Gasteiger partial charge in [-0.2, -0.15) is 0 Å². The van der Waals surface area contributed by atoms with E-state index in [1.54, 1.807) is 36.4 Å². The quantitative estimate of drug-likeness (QED) is 0.494. The van der Waals surface area contributed by atoms with Gasteiger partial charge in [-0.25, -0.2) is 17.9 Å². The molecule has 3 rings (SSSR count). The highest BCUT2D eigenvalue weighted by molar-refractivity contribution is 7.90. The number of hydrogen-bond donors (Lipinski definition) is 3. The number of carbonyl (C=O) groups excluding carboxylic acids is 2. The molecule has 184 valence electrons. The molecule has 2 aromatic rings. The Morgan fingerprint density at radius 1 is 1.09 bits per heavy atom. The van der Waals surface area contributed by atoms with E-state index in [2.05, 4.69) is 36.1 Å². The lowest BCUT2D eigenvalue weighted by Crippen LogP contribution is -2.43. The fraction of sp³-hybridized carbons (Fsp3) is 0.440. The summed E-state index contributed by atoms with van der Waals surface area (Å²) in [5, 5.41) is 5.58. The van der Waals surface area contributed by atoms with Crippen LogP contribution in [-0.4, -0.2) is 39.7 Å². The van der Waals surface area contributed by atoms with Crippen molar-refractivity contribution in [3.05, 3.63) is 65.7 Å². The first-order chi connectivity index (χ1) is 16.0. The van der Waals surface area contributed by atoms with Crippen molar-refractivity contribution in [1.29, 1.82) is 0 Å². The first-order valence-corrected chi connectivity index (χ1v) is 12.8. The van der Waals surface area contributed by atoms with Crippen LogP contribution in [0.3, 0.4) is 0 Å². The van der Waals surface area contributed by atoms with Crippen LogP contribution in [0.1, 0.15) is 49.5 Å². The lowest BCUT2D eigenvalue weighted by molar-refractivity contribution is 0.0582. The summed E-state index contributed by atoms with van der Waals surface area (Å²) in [6.07, 6.45) is 1.38. The molecule has 1 saturated carbocycles. The molecule has 1 aliphatic carbocycles. The molecule has 34 heavy (non-hydrogen) atoms. The molecule has 1 aliphatic rings. The number of urea groups is 1. The number of carbonyl (C=O) groups is 2. The maximum atomic E-state index is 12.6. The Balaban J connectivity index is 1.57. The number of rotatable bonds is 8. The number of amides is 3. The topological polar surface area (TPSA) is 114 Å².